The molecule has 0 radical (unpaired) electrons. The molecule has 1 heterocycles. The van der Waals surface area contributed by atoms with E-state index in [9.17, 15) is 13.6 Å². The molecule has 3 aromatic rings. The second-order valence-corrected chi connectivity index (χ2v) is 4.77. The molecule has 0 saturated carbocycles. The summed E-state index contributed by atoms with van der Waals surface area (Å²) in [5, 5.41) is 13.5. The van der Waals surface area contributed by atoms with Crippen LogP contribution in [0, 0.1) is 11.6 Å². The lowest BCUT2D eigenvalue weighted by Crippen LogP contribution is -2.15. The third kappa shape index (κ3) is 3.54. The van der Waals surface area contributed by atoms with Gasteiger partial charge in [0.25, 0.3) is 0 Å². The predicted octanol–water partition coefficient (Wildman–Crippen LogP) is 2.12. The maximum absolute atomic E-state index is 13.6. The lowest BCUT2D eigenvalue weighted by atomic mass is 10.1. The molecule has 0 saturated heterocycles. The van der Waals surface area contributed by atoms with Crippen LogP contribution in [0.4, 0.5) is 14.5 Å². The normalized spacial score (nSPS) is 10.5. The van der Waals surface area contributed by atoms with Crippen LogP contribution < -0.4 is 5.32 Å². The van der Waals surface area contributed by atoms with Gasteiger partial charge >= 0.3 is 0 Å². The Labute approximate surface area is 129 Å². The van der Waals surface area contributed by atoms with Gasteiger partial charge in [-0.15, -0.1) is 5.10 Å². The minimum atomic E-state index is -0.748. The Morgan fingerprint density at radius 1 is 1.17 bits per heavy atom. The van der Waals surface area contributed by atoms with E-state index >= 15 is 0 Å². The van der Waals surface area contributed by atoms with Gasteiger partial charge < -0.3 is 5.32 Å². The van der Waals surface area contributed by atoms with E-state index in [2.05, 4.69) is 20.8 Å². The van der Waals surface area contributed by atoms with Crippen molar-refractivity contribution in [2.24, 2.45) is 0 Å². The van der Waals surface area contributed by atoms with Crippen molar-refractivity contribution < 1.29 is 13.6 Å². The van der Waals surface area contributed by atoms with E-state index in [1.807, 2.05) is 0 Å². The molecular weight excluding hydrogens is 304 g/mol. The predicted molar refractivity (Wildman–Crippen MR) is 77.8 cm³/mol. The molecule has 116 valence electrons. The number of hydrogen-bond acceptors (Lipinski definition) is 4. The van der Waals surface area contributed by atoms with Crippen molar-refractivity contribution in [1.29, 1.82) is 0 Å². The zero-order valence-corrected chi connectivity index (χ0v) is 11.8. The van der Waals surface area contributed by atoms with Gasteiger partial charge in [-0.3, -0.25) is 4.79 Å². The van der Waals surface area contributed by atoms with Gasteiger partial charge in [0.2, 0.25) is 5.91 Å². The van der Waals surface area contributed by atoms with Crippen LogP contribution in [0.25, 0.3) is 5.69 Å². The number of aromatic nitrogens is 4. The van der Waals surface area contributed by atoms with Crippen molar-refractivity contribution in [2.45, 2.75) is 6.42 Å². The zero-order valence-electron chi connectivity index (χ0n) is 11.8. The Bertz CT molecular complexity index is 836. The van der Waals surface area contributed by atoms with Crippen LogP contribution in [-0.4, -0.2) is 26.1 Å². The lowest BCUT2D eigenvalue weighted by Gasteiger charge is -2.08. The number of nitrogens with one attached hydrogen (secondary N) is 1. The standard InChI is InChI=1S/C15H11F2N5O/c16-11-5-4-10(14(17)7-11)6-15(23)19-12-2-1-3-13(8-12)22-9-18-20-21-22/h1-5,7-9H,6H2,(H,19,23). The van der Waals surface area contributed by atoms with Gasteiger partial charge in [-0.2, -0.15) is 0 Å². The number of tetrazole rings is 1. The van der Waals surface area contributed by atoms with Gasteiger partial charge in [0.05, 0.1) is 12.1 Å². The van der Waals surface area contributed by atoms with Crippen LogP contribution in [0.5, 0.6) is 0 Å². The highest BCUT2D eigenvalue weighted by Gasteiger charge is 2.10. The second-order valence-electron chi connectivity index (χ2n) is 4.77. The molecule has 2 aromatic carbocycles. The largest absolute Gasteiger partial charge is 0.326 e. The van der Waals surface area contributed by atoms with Gasteiger partial charge in [0.15, 0.2) is 0 Å². The molecule has 0 fully saturated rings. The van der Waals surface area contributed by atoms with Gasteiger partial charge in [-0.25, -0.2) is 13.5 Å². The molecule has 1 aromatic heterocycles. The first-order valence-corrected chi connectivity index (χ1v) is 6.69. The van der Waals surface area contributed by atoms with Crippen LogP contribution in [0.1, 0.15) is 5.56 Å². The van der Waals surface area contributed by atoms with Gasteiger partial charge in [0, 0.05) is 11.8 Å². The molecule has 0 unspecified atom stereocenters. The van der Waals surface area contributed by atoms with E-state index in [1.165, 1.54) is 17.1 Å². The number of benzene rings is 2. The first-order chi connectivity index (χ1) is 11.1. The fourth-order valence-electron chi connectivity index (χ4n) is 2.05. The number of carbonyl (C=O) groups is 1. The highest BCUT2D eigenvalue weighted by molar-refractivity contribution is 5.92. The molecule has 1 N–H and O–H groups in total. The molecule has 3 rings (SSSR count). The number of carbonyl (C=O) groups excluding carboxylic acids is 1. The molecule has 0 aliphatic rings. The highest BCUT2D eigenvalue weighted by atomic mass is 19.1. The van der Waals surface area contributed by atoms with Crippen molar-refractivity contribution in [1.82, 2.24) is 20.2 Å². The minimum absolute atomic E-state index is 0.125. The van der Waals surface area contributed by atoms with Crippen molar-refractivity contribution in [3.05, 3.63) is 66.0 Å². The fraction of sp³-hybridized carbons (Fsp3) is 0.0667. The average molecular weight is 315 g/mol. The highest BCUT2D eigenvalue weighted by Crippen LogP contribution is 2.15. The van der Waals surface area contributed by atoms with E-state index < -0.39 is 17.5 Å². The molecule has 1 amide bonds. The van der Waals surface area contributed by atoms with Crippen LogP contribution in [0.3, 0.4) is 0 Å². The van der Waals surface area contributed by atoms with Gasteiger partial charge in [0.1, 0.15) is 18.0 Å². The number of amides is 1. The maximum atomic E-state index is 13.6. The minimum Gasteiger partial charge on any atom is -0.326 e. The summed E-state index contributed by atoms with van der Waals surface area (Å²) in [6.45, 7) is 0. The quantitative estimate of drug-likeness (QED) is 0.800. The van der Waals surface area contributed by atoms with Crippen molar-refractivity contribution in [3.8, 4) is 5.69 Å². The van der Waals surface area contributed by atoms with Gasteiger partial charge in [-0.05, 0) is 40.3 Å². The average Bonchev–Trinajstić information content (AvgIpc) is 3.05. The van der Waals surface area contributed by atoms with Crippen LogP contribution in [0.2, 0.25) is 0 Å². The second kappa shape index (κ2) is 6.30. The molecule has 6 nitrogen and oxygen atoms in total. The van der Waals surface area contributed by atoms with Crippen LogP contribution in [-0.2, 0) is 11.2 Å². The Morgan fingerprint density at radius 2 is 2.04 bits per heavy atom. The molecule has 0 spiro atoms. The summed E-state index contributed by atoms with van der Waals surface area (Å²) in [6.07, 6.45) is 1.23. The van der Waals surface area contributed by atoms with Crippen LogP contribution >= 0.6 is 0 Å². The van der Waals surface area contributed by atoms with Crippen molar-refractivity contribution in [2.75, 3.05) is 5.32 Å². The van der Waals surface area contributed by atoms with E-state index in [4.69, 9.17) is 0 Å². The van der Waals surface area contributed by atoms with Crippen molar-refractivity contribution in [3.63, 3.8) is 0 Å². The SMILES string of the molecule is O=C(Cc1ccc(F)cc1F)Nc1cccc(-n2cnnn2)c1. The number of rotatable bonds is 4. The molecular formula is C15H11F2N5O. The molecule has 0 atom stereocenters. The topological polar surface area (TPSA) is 72.7 Å². The molecule has 0 aliphatic heterocycles. The third-order valence-corrected chi connectivity index (χ3v) is 3.11. The number of anilines is 1. The smallest absolute Gasteiger partial charge is 0.228 e. The number of halogens is 2. The molecule has 0 bridgehead atoms. The van der Waals surface area contributed by atoms with E-state index in [0.29, 0.717) is 11.4 Å². The number of hydrogen-bond donors (Lipinski definition) is 1. The Kier molecular flexibility index (Phi) is 4.05. The fourth-order valence-corrected chi connectivity index (χ4v) is 2.05. The van der Waals surface area contributed by atoms with Crippen LogP contribution in [0.15, 0.2) is 48.8 Å². The maximum Gasteiger partial charge on any atom is 0.228 e. The molecule has 8 heteroatoms. The lowest BCUT2D eigenvalue weighted by molar-refractivity contribution is -0.115. The summed E-state index contributed by atoms with van der Waals surface area (Å²) < 4.78 is 27.8. The summed E-state index contributed by atoms with van der Waals surface area (Å²) in [4.78, 5) is 12.0. The Hall–Kier alpha value is -3.16. The number of nitrogens with zero attached hydrogens (tertiary/aromatic N) is 4. The summed E-state index contributed by atoms with van der Waals surface area (Å²) in [7, 11) is 0. The Morgan fingerprint density at radius 3 is 2.78 bits per heavy atom. The van der Waals surface area contributed by atoms with E-state index in [-0.39, 0.29) is 12.0 Å². The first-order valence-electron chi connectivity index (χ1n) is 6.69. The van der Waals surface area contributed by atoms with E-state index in [0.717, 1.165) is 12.1 Å². The monoisotopic (exact) mass is 315 g/mol. The first kappa shape index (κ1) is 14.8. The summed E-state index contributed by atoms with van der Waals surface area (Å²) >= 11 is 0. The van der Waals surface area contributed by atoms with E-state index in [1.54, 1.807) is 24.3 Å². The zero-order chi connectivity index (χ0) is 16.2. The summed E-state index contributed by atoms with van der Waals surface area (Å²) in [6, 6.07) is 9.98. The van der Waals surface area contributed by atoms with Crippen molar-refractivity contribution >= 4 is 11.6 Å². The molecule has 23 heavy (non-hydrogen) atoms. The summed E-state index contributed by atoms with van der Waals surface area (Å²) in [5.74, 6) is -1.84. The molecule has 0 aliphatic carbocycles. The Balaban J connectivity index is 1.72. The third-order valence-electron chi connectivity index (χ3n) is 3.11. The summed E-state index contributed by atoms with van der Waals surface area (Å²) in [5.41, 5.74) is 1.31. The van der Waals surface area contributed by atoms with Gasteiger partial charge in [-0.1, -0.05) is 12.1 Å².